The maximum atomic E-state index is 12.5. The Hall–Kier alpha value is -1.41. The lowest BCUT2D eigenvalue weighted by Crippen LogP contribution is -2.02. The average molecular weight is 233 g/mol. The summed E-state index contributed by atoms with van der Waals surface area (Å²) in [5.41, 5.74) is -0.422. The minimum absolute atomic E-state index is 0.0500. The van der Waals surface area contributed by atoms with Crippen LogP contribution < -0.4 is 4.74 Å². The van der Waals surface area contributed by atoms with E-state index in [-0.39, 0.29) is 17.2 Å². The third kappa shape index (κ3) is 2.16. The molecule has 0 amide bonds. The Morgan fingerprint density at radius 2 is 2.33 bits per heavy atom. The lowest BCUT2D eigenvalue weighted by molar-refractivity contribution is 0.145. The summed E-state index contributed by atoms with van der Waals surface area (Å²) in [4.78, 5) is 3.49. The van der Waals surface area contributed by atoms with Crippen molar-refractivity contribution in [3.63, 3.8) is 0 Å². The topological polar surface area (TPSA) is 45.9 Å². The van der Waals surface area contributed by atoms with Gasteiger partial charge >= 0.3 is 0 Å². The van der Waals surface area contributed by atoms with Gasteiger partial charge in [-0.15, -0.1) is 11.6 Å². The number of pyridine rings is 1. The monoisotopic (exact) mass is 232 g/mol. The summed E-state index contributed by atoms with van der Waals surface area (Å²) in [6.07, 6.45) is -1.62. The summed E-state index contributed by atoms with van der Waals surface area (Å²) in [6, 6.07) is 1.65. The number of alkyl halides is 3. The predicted octanol–water partition coefficient (Wildman–Crippen LogP) is 2.64. The molecule has 0 spiro atoms. The fraction of sp³-hybridized carbons (Fsp3) is 0.333. The van der Waals surface area contributed by atoms with E-state index in [9.17, 15) is 8.78 Å². The van der Waals surface area contributed by atoms with Crippen LogP contribution >= 0.6 is 11.6 Å². The van der Waals surface area contributed by atoms with Crippen LogP contribution in [0.4, 0.5) is 8.78 Å². The molecule has 0 unspecified atom stereocenters. The van der Waals surface area contributed by atoms with Gasteiger partial charge in [0.15, 0.2) is 0 Å². The Bertz CT molecular complexity index is 404. The molecule has 0 radical (unpaired) electrons. The zero-order valence-electron chi connectivity index (χ0n) is 7.80. The van der Waals surface area contributed by atoms with Crippen LogP contribution in [0.1, 0.15) is 23.2 Å². The Morgan fingerprint density at radius 3 is 2.73 bits per heavy atom. The van der Waals surface area contributed by atoms with Crippen molar-refractivity contribution in [2.75, 3.05) is 7.11 Å². The highest BCUT2D eigenvalue weighted by atomic mass is 35.5. The van der Waals surface area contributed by atoms with Crippen molar-refractivity contribution in [2.45, 2.75) is 12.3 Å². The number of aromatic nitrogens is 1. The molecule has 0 saturated carbocycles. The molecule has 1 aromatic heterocycles. The molecule has 3 nitrogen and oxygen atoms in total. The van der Waals surface area contributed by atoms with E-state index < -0.39 is 12.1 Å². The van der Waals surface area contributed by atoms with Gasteiger partial charge in [0, 0.05) is 11.8 Å². The number of nitrogens with zero attached hydrogens (tertiary/aromatic N) is 2. The number of nitriles is 1. The first-order valence-corrected chi connectivity index (χ1v) is 4.49. The van der Waals surface area contributed by atoms with Gasteiger partial charge in [0.25, 0.3) is 6.43 Å². The second-order valence-corrected chi connectivity index (χ2v) is 2.89. The van der Waals surface area contributed by atoms with Crippen molar-refractivity contribution in [3.8, 4) is 11.8 Å². The molecule has 0 N–H and O–H groups in total. The number of rotatable bonds is 3. The summed E-state index contributed by atoms with van der Waals surface area (Å²) in [5.74, 6) is 0.117. The molecule has 0 aliphatic rings. The van der Waals surface area contributed by atoms with Crippen LogP contribution in [0.2, 0.25) is 0 Å². The van der Waals surface area contributed by atoms with Gasteiger partial charge in [-0.2, -0.15) is 5.26 Å². The average Bonchev–Trinajstić information content (AvgIpc) is 2.26. The van der Waals surface area contributed by atoms with Crippen molar-refractivity contribution < 1.29 is 13.5 Å². The van der Waals surface area contributed by atoms with E-state index in [4.69, 9.17) is 21.6 Å². The van der Waals surface area contributed by atoms with Crippen LogP contribution in [0.3, 0.4) is 0 Å². The first kappa shape index (κ1) is 11.7. The maximum Gasteiger partial charge on any atom is 0.281 e. The van der Waals surface area contributed by atoms with Gasteiger partial charge in [-0.1, -0.05) is 0 Å². The number of hydrogen-bond acceptors (Lipinski definition) is 3. The molecule has 1 rings (SSSR count). The lowest BCUT2D eigenvalue weighted by Gasteiger charge is -2.10. The number of halogens is 3. The van der Waals surface area contributed by atoms with Gasteiger partial charge in [-0.05, 0) is 0 Å². The second kappa shape index (κ2) is 4.89. The van der Waals surface area contributed by atoms with Crippen LogP contribution in [0.15, 0.2) is 6.20 Å². The summed E-state index contributed by atoms with van der Waals surface area (Å²) in [5, 5.41) is 8.75. The Labute approximate surface area is 90.3 Å². The Balaban J connectivity index is 3.43. The largest absolute Gasteiger partial charge is 0.495 e. The van der Waals surface area contributed by atoms with E-state index in [1.165, 1.54) is 13.3 Å². The minimum atomic E-state index is -2.81. The molecule has 1 aromatic rings. The van der Waals surface area contributed by atoms with Gasteiger partial charge < -0.3 is 4.74 Å². The van der Waals surface area contributed by atoms with Crippen molar-refractivity contribution >= 4 is 11.6 Å². The van der Waals surface area contributed by atoms with Crippen molar-refractivity contribution in [1.29, 1.82) is 5.26 Å². The molecule has 15 heavy (non-hydrogen) atoms. The molecule has 6 heteroatoms. The fourth-order valence-corrected chi connectivity index (χ4v) is 1.34. The van der Waals surface area contributed by atoms with Gasteiger partial charge in [0.2, 0.25) is 0 Å². The van der Waals surface area contributed by atoms with Crippen LogP contribution in [0.25, 0.3) is 0 Å². The van der Waals surface area contributed by atoms with Crippen LogP contribution in [-0.4, -0.2) is 12.1 Å². The van der Waals surface area contributed by atoms with Crippen LogP contribution in [0.5, 0.6) is 5.75 Å². The zero-order valence-corrected chi connectivity index (χ0v) is 8.55. The highest BCUT2D eigenvalue weighted by molar-refractivity contribution is 6.17. The quantitative estimate of drug-likeness (QED) is 0.753. The molecule has 0 atom stereocenters. The third-order valence-electron chi connectivity index (χ3n) is 1.80. The summed E-state index contributed by atoms with van der Waals surface area (Å²) in [7, 11) is 1.29. The molecule has 0 aliphatic carbocycles. The molecule has 0 aliphatic heterocycles. The number of methoxy groups -OCH3 is 1. The second-order valence-electron chi connectivity index (χ2n) is 2.62. The highest BCUT2D eigenvalue weighted by Crippen LogP contribution is 2.30. The molecule has 0 saturated heterocycles. The van der Waals surface area contributed by atoms with Crippen molar-refractivity contribution in [1.82, 2.24) is 4.98 Å². The maximum absolute atomic E-state index is 12.5. The molecular weight excluding hydrogens is 226 g/mol. The molecule has 1 heterocycles. The summed E-state index contributed by atoms with van der Waals surface area (Å²) in [6.45, 7) is 0. The SMILES string of the molecule is COc1c(CCl)cnc(C(F)F)c1C#N. The van der Waals surface area contributed by atoms with Crippen LogP contribution in [0, 0.1) is 11.3 Å². The van der Waals surface area contributed by atoms with Crippen molar-refractivity contribution in [3.05, 3.63) is 23.0 Å². The molecule has 0 aromatic carbocycles. The van der Waals surface area contributed by atoms with E-state index in [1.807, 2.05) is 0 Å². The molecule has 0 fully saturated rings. The number of hydrogen-bond donors (Lipinski definition) is 0. The van der Waals surface area contributed by atoms with Gasteiger partial charge in [-0.25, -0.2) is 8.78 Å². The Kier molecular flexibility index (Phi) is 3.81. The van der Waals surface area contributed by atoms with Gasteiger partial charge in [0.05, 0.1) is 13.0 Å². The standard InChI is InChI=1S/C9H7ClF2N2O/c1-15-8-5(2-10)4-14-7(9(11)12)6(8)3-13/h4,9H,2H2,1H3. The van der Waals surface area contributed by atoms with E-state index in [0.717, 1.165) is 0 Å². The fourth-order valence-electron chi connectivity index (χ4n) is 1.15. The first-order valence-electron chi connectivity index (χ1n) is 3.95. The zero-order chi connectivity index (χ0) is 11.4. The third-order valence-corrected chi connectivity index (χ3v) is 2.09. The van der Waals surface area contributed by atoms with E-state index in [0.29, 0.717) is 5.56 Å². The Morgan fingerprint density at radius 1 is 1.67 bits per heavy atom. The first-order chi connectivity index (χ1) is 7.15. The normalized spacial score (nSPS) is 10.1. The lowest BCUT2D eigenvalue weighted by atomic mass is 10.1. The van der Waals surface area contributed by atoms with E-state index in [1.54, 1.807) is 6.07 Å². The highest BCUT2D eigenvalue weighted by Gasteiger charge is 2.21. The van der Waals surface area contributed by atoms with Gasteiger partial charge in [-0.3, -0.25) is 4.98 Å². The minimum Gasteiger partial charge on any atom is -0.495 e. The van der Waals surface area contributed by atoms with Crippen molar-refractivity contribution in [2.24, 2.45) is 0 Å². The van der Waals surface area contributed by atoms with E-state index >= 15 is 0 Å². The molecule has 80 valence electrons. The predicted molar refractivity (Wildman–Crippen MR) is 50.0 cm³/mol. The van der Waals surface area contributed by atoms with E-state index in [2.05, 4.69) is 4.98 Å². The summed E-state index contributed by atoms with van der Waals surface area (Å²) < 4.78 is 29.8. The molecule has 0 bridgehead atoms. The number of ether oxygens (including phenoxy) is 1. The van der Waals surface area contributed by atoms with Crippen LogP contribution in [-0.2, 0) is 5.88 Å². The summed E-state index contributed by atoms with van der Waals surface area (Å²) >= 11 is 5.55. The smallest absolute Gasteiger partial charge is 0.281 e. The molecular formula is C9H7ClF2N2O. The van der Waals surface area contributed by atoms with Gasteiger partial charge in [0.1, 0.15) is 23.1 Å².